The van der Waals surface area contributed by atoms with Crippen LogP contribution in [-0.4, -0.2) is 57.2 Å². The number of hydrogen-bond acceptors (Lipinski definition) is 10. The lowest BCUT2D eigenvalue weighted by molar-refractivity contribution is -0.137. The Balaban J connectivity index is 4.17. The van der Waals surface area contributed by atoms with Gasteiger partial charge < -0.3 is 21.7 Å². The van der Waals surface area contributed by atoms with Crippen molar-refractivity contribution >= 4 is 40.5 Å². The maximum Gasteiger partial charge on any atom is 0.363 e. The van der Waals surface area contributed by atoms with Crippen LogP contribution in [0.2, 0.25) is 0 Å². The molecule has 0 aliphatic carbocycles. The van der Waals surface area contributed by atoms with Crippen molar-refractivity contribution in [3.8, 4) is 0 Å². The number of hydrazone groups is 1. The second kappa shape index (κ2) is 13.6. The molecular formula is C10H22N6O4S2. The lowest BCUT2D eigenvalue weighted by Gasteiger charge is -2.14. The summed E-state index contributed by atoms with van der Waals surface area (Å²) in [5.41, 5.74) is 17.7. The van der Waals surface area contributed by atoms with Gasteiger partial charge in [-0.05, 0) is 31.7 Å². The standard InChI is InChI=1S/C10H22N6O4S2/c11-3-1-5-21-7(9(17)18)13-15-16-14-8(10(19)20)22-6-2-4-12/h7,13,15-16H,1-6,11-12H2,(H,17,18)(H,19,20)/t7-/m0/s1. The Morgan fingerprint density at radius 1 is 1.14 bits per heavy atom. The van der Waals surface area contributed by atoms with Gasteiger partial charge in [0.15, 0.2) is 5.37 Å². The molecule has 0 aliphatic rings. The van der Waals surface area contributed by atoms with Crippen LogP contribution >= 0.6 is 23.5 Å². The lowest BCUT2D eigenvalue weighted by Crippen LogP contribution is -2.49. The monoisotopic (exact) mass is 354 g/mol. The molecule has 10 nitrogen and oxygen atoms in total. The first kappa shape index (κ1) is 20.9. The van der Waals surface area contributed by atoms with Gasteiger partial charge in [0.25, 0.3) is 0 Å². The highest BCUT2D eigenvalue weighted by Gasteiger charge is 2.16. The topological polar surface area (TPSA) is 175 Å². The van der Waals surface area contributed by atoms with E-state index in [9.17, 15) is 9.59 Å². The SMILES string of the molecule is NCCCSC(=NNNN[C@@H](SCCCN)C(=O)O)C(=O)O. The fourth-order valence-electron chi connectivity index (χ4n) is 1.03. The van der Waals surface area contributed by atoms with E-state index >= 15 is 0 Å². The molecule has 0 amide bonds. The van der Waals surface area contributed by atoms with Gasteiger partial charge in [-0.15, -0.1) is 16.9 Å². The minimum Gasteiger partial charge on any atom is -0.479 e. The van der Waals surface area contributed by atoms with Crippen molar-refractivity contribution < 1.29 is 19.8 Å². The van der Waals surface area contributed by atoms with Gasteiger partial charge in [0.05, 0.1) is 0 Å². The van der Waals surface area contributed by atoms with Crippen LogP contribution < -0.4 is 28.0 Å². The lowest BCUT2D eigenvalue weighted by atomic mass is 10.5. The van der Waals surface area contributed by atoms with E-state index in [1.54, 1.807) is 0 Å². The first-order chi connectivity index (χ1) is 10.5. The van der Waals surface area contributed by atoms with E-state index < -0.39 is 17.3 Å². The number of nitrogens with one attached hydrogen (secondary N) is 3. The largest absolute Gasteiger partial charge is 0.479 e. The van der Waals surface area contributed by atoms with Crippen LogP contribution in [0, 0.1) is 0 Å². The van der Waals surface area contributed by atoms with E-state index in [2.05, 4.69) is 21.6 Å². The van der Waals surface area contributed by atoms with Crippen LogP contribution in [-0.2, 0) is 9.59 Å². The summed E-state index contributed by atoms with van der Waals surface area (Å²) < 4.78 is 0. The second-order valence-electron chi connectivity index (χ2n) is 3.83. The highest BCUT2D eigenvalue weighted by Crippen LogP contribution is 2.08. The molecule has 0 saturated carbocycles. The number of carboxylic acid groups (broad SMARTS) is 2. The van der Waals surface area contributed by atoms with Crippen LogP contribution in [0.4, 0.5) is 0 Å². The zero-order chi connectivity index (χ0) is 16.8. The fourth-order valence-corrected chi connectivity index (χ4v) is 2.62. The van der Waals surface area contributed by atoms with Crippen molar-refractivity contribution in [1.29, 1.82) is 0 Å². The van der Waals surface area contributed by atoms with Crippen molar-refractivity contribution in [2.24, 2.45) is 16.6 Å². The predicted molar refractivity (Wildman–Crippen MR) is 88.2 cm³/mol. The minimum atomic E-state index is -1.18. The van der Waals surface area contributed by atoms with Crippen molar-refractivity contribution in [3.05, 3.63) is 0 Å². The molecule has 0 aliphatic heterocycles. The van der Waals surface area contributed by atoms with Crippen molar-refractivity contribution in [2.75, 3.05) is 24.6 Å². The summed E-state index contributed by atoms with van der Waals surface area (Å²) in [6.07, 6.45) is 1.37. The van der Waals surface area contributed by atoms with E-state index in [1.807, 2.05) is 0 Å². The zero-order valence-electron chi connectivity index (χ0n) is 11.9. The molecule has 22 heavy (non-hydrogen) atoms. The summed E-state index contributed by atoms with van der Waals surface area (Å²) in [5.74, 6) is -1.12. The highest BCUT2D eigenvalue weighted by atomic mass is 32.2. The van der Waals surface area contributed by atoms with Gasteiger partial charge in [-0.1, -0.05) is 11.8 Å². The normalized spacial score (nSPS) is 12.9. The number of aliphatic carboxylic acids is 2. The Hall–Kier alpha value is -1.05. The molecule has 0 radical (unpaired) electrons. The van der Waals surface area contributed by atoms with Gasteiger partial charge in [0.2, 0.25) is 5.04 Å². The summed E-state index contributed by atoms with van der Waals surface area (Å²) >= 11 is 2.20. The molecule has 128 valence electrons. The first-order valence-electron chi connectivity index (χ1n) is 6.46. The number of hydrazine groups is 2. The molecule has 0 bridgehead atoms. The number of rotatable bonds is 12. The maximum absolute atomic E-state index is 11.0. The average molecular weight is 354 g/mol. The van der Waals surface area contributed by atoms with E-state index in [1.165, 1.54) is 0 Å². The molecule has 0 fully saturated rings. The zero-order valence-corrected chi connectivity index (χ0v) is 13.6. The molecular weight excluding hydrogens is 332 g/mol. The quantitative estimate of drug-likeness (QED) is 0.0718. The van der Waals surface area contributed by atoms with E-state index in [0.717, 1.165) is 23.5 Å². The minimum absolute atomic E-state index is 0.148. The Morgan fingerprint density at radius 3 is 2.32 bits per heavy atom. The molecule has 0 rings (SSSR count). The highest BCUT2D eigenvalue weighted by molar-refractivity contribution is 8.15. The molecule has 0 spiro atoms. The van der Waals surface area contributed by atoms with Crippen LogP contribution in [0.3, 0.4) is 0 Å². The molecule has 0 heterocycles. The maximum atomic E-state index is 11.0. The predicted octanol–water partition coefficient (Wildman–Crippen LogP) is -1.44. The smallest absolute Gasteiger partial charge is 0.363 e. The third-order valence-electron chi connectivity index (χ3n) is 2.04. The van der Waals surface area contributed by atoms with Crippen LogP contribution in [0.15, 0.2) is 5.10 Å². The van der Waals surface area contributed by atoms with E-state index in [0.29, 0.717) is 37.4 Å². The van der Waals surface area contributed by atoms with Gasteiger partial charge in [-0.3, -0.25) is 0 Å². The molecule has 9 N–H and O–H groups in total. The molecule has 1 atom stereocenters. The molecule has 0 saturated heterocycles. The summed E-state index contributed by atoms with van der Waals surface area (Å²) in [7, 11) is 0. The van der Waals surface area contributed by atoms with Gasteiger partial charge in [0.1, 0.15) is 0 Å². The number of carboxylic acids is 2. The fraction of sp³-hybridized carbons (Fsp3) is 0.700. The van der Waals surface area contributed by atoms with Crippen LogP contribution in [0.5, 0.6) is 0 Å². The van der Waals surface area contributed by atoms with Gasteiger partial charge in [-0.25, -0.2) is 20.5 Å². The number of nitrogens with zero attached hydrogens (tertiary/aromatic N) is 1. The van der Waals surface area contributed by atoms with Crippen LogP contribution in [0.25, 0.3) is 0 Å². The number of nitrogens with two attached hydrogens (primary N) is 2. The summed E-state index contributed by atoms with van der Waals surface area (Å²) in [6.45, 7) is 0.949. The van der Waals surface area contributed by atoms with Crippen molar-refractivity contribution in [3.63, 3.8) is 0 Å². The van der Waals surface area contributed by atoms with E-state index in [4.69, 9.17) is 21.7 Å². The van der Waals surface area contributed by atoms with Crippen molar-refractivity contribution in [2.45, 2.75) is 18.2 Å². The Kier molecular flexibility index (Phi) is 13.0. The Labute approximate surface area is 136 Å². The van der Waals surface area contributed by atoms with Gasteiger partial charge in [0, 0.05) is 5.75 Å². The molecule has 0 unspecified atom stereocenters. The molecule has 0 aromatic heterocycles. The molecule has 0 aromatic rings. The summed E-state index contributed by atoms with van der Waals surface area (Å²) in [6, 6.07) is 0. The van der Waals surface area contributed by atoms with Crippen molar-refractivity contribution in [1.82, 2.24) is 16.5 Å². The molecule has 12 heteroatoms. The summed E-state index contributed by atoms with van der Waals surface area (Å²) in [5, 5.41) is 20.5. The number of carbonyl (C=O) groups is 2. The third-order valence-corrected chi connectivity index (χ3v) is 4.25. The molecule has 0 aromatic carbocycles. The second-order valence-corrected chi connectivity index (χ2v) is 6.12. The van der Waals surface area contributed by atoms with Gasteiger partial charge in [-0.2, -0.15) is 5.53 Å². The number of thioether (sulfide) groups is 2. The third kappa shape index (κ3) is 10.6. The number of hydrogen-bond donors (Lipinski definition) is 7. The Bertz CT molecular complexity index is 371. The Morgan fingerprint density at radius 2 is 1.77 bits per heavy atom. The average Bonchev–Trinajstić information content (AvgIpc) is 2.47. The van der Waals surface area contributed by atoms with Gasteiger partial charge >= 0.3 is 11.9 Å². The van der Waals surface area contributed by atoms with E-state index in [-0.39, 0.29) is 5.04 Å². The summed E-state index contributed by atoms with van der Waals surface area (Å²) in [4.78, 5) is 21.9. The van der Waals surface area contributed by atoms with Crippen LogP contribution in [0.1, 0.15) is 12.8 Å². The first-order valence-corrected chi connectivity index (χ1v) is 8.50.